The van der Waals surface area contributed by atoms with Crippen molar-refractivity contribution >= 4 is 33.4 Å². The third-order valence-corrected chi connectivity index (χ3v) is 5.02. The average Bonchev–Trinajstić information content (AvgIpc) is 2.66. The maximum atomic E-state index is 12.1. The molecule has 0 bridgehead atoms. The Hall–Kier alpha value is -2.86. The number of carbonyl (C=O) groups excluding carboxylic acids is 2. The summed E-state index contributed by atoms with van der Waals surface area (Å²) in [6, 6.07) is 12.0. The van der Waals surface area contributed by atoms with Crippen LogP contribution in [-0.4, -0.2) is 26.8 Å². The van der Waals surface area contributed by atoms with Gasteiger partial charge in [0.2, 0.25) is 15.9 Å². The van der Waals surface area contributed by atoms with Crippen molar-refractivity contribution in [2.45, 2.75) is 11.3 Å². The molecule has 2 rings (SSSR count). The minimum Gasteiger partial charge on any atom is -0.273 e. The maximum Gasteiger partial charge on any atom is 0.269 e. The van der Waals surface area contributed by atoms with Gasteiger partial charge >= 0.3 is 0 Å². The van der Waals surface area contributed by atoms with Crippen molar-refractivity contribution in [3.05, 3.63) is 64.7 Å². The molecule has 0 saturated carbocycles. The standard InChI is InChI=1S/C18H16ClN3O4S/c1-2-10-20-27(25,26)16-5-3-4-14(12-16)18(24)22-21-17(23)11-13-6-8-15(19)9-7-13/h1,3-9,12,20H,10-11H2,(H,21,23)(H,22,24). The minimum atomic E-state index is -3.82. The quantitative estimate of drug-likeness (QED) is 0.497. The van der Waals surface area contributed by atoms with E-state index >= 15 is 0 Å². The van der Waals surface area contributed by atoms with E-state index in [2.05, 4.69) is 21.5 Å². The molecule has 2 aromatic rings. The predicted molar refractivity (Wildman–Crippen MR) is 101 cm³/mol. The van der Waals surface area contributed by atoms with E-state index in [4.69, 9.17) is 18.0 Å². The molecule has 0 aliphatic heterocycles. The highest BCUT2D eigenvalue weighted by molar-refractivity contribution is 7.89. The molecule has 0 aliphatic carbocycles. The van der Waals surface area contributed by atoms with Crippen LogP contribution in [0.25, 0.3) is 0 Å². The Labute approximate surface area is 162 Å². The van der Waals surface area contributed by atoms with Gasteiger partial charge in [0.1, 0.15) is 0 Å². The Morgan fingerprint density at radius 1 is 1.07 bits per heavy atom. The van der Waals surface area contributed by atoms with E-state index in [0.29, 0.717) is 5.02 Å². The fourth-order valence-corrected chi connectivity index (χ4v) is 3.16. The number of hydrogen-bond donors (Lipinski definition) is 3. The number of rotatable bonds is 6. The zero-order valence-corrected chi connectivity index (χ0v) is 15.6. The molecule has 0 radical (unpaired) electrons. The molecule has 0 saturated heterocycles. The predicted octanol–water partition coefficient (Wildman–Crippen LogP) is 1.26. The zero-order valence-electron chi connectivity index (χ0n) is 14.0. The number of benzene rings is 2. The summed E-state index contributed by atoms with van der Waals surface area (Å²) in [5.41, 5.74) is 5.30. The number of halogens is 1. The van der Waals surface area contributed by atoms with Crippen LogP contribution >= 0.6 is 11.6 Å². The molecule has 9 heteroatoms. The van der Waals surface area contributed by atoms with Gasteiger partial charge < -0.3 is 0 Å². The smallest absolute Gasteiger partial charge is 0.269 e. The largest absolute Gasteiger partial charge is 0.273 e. The second-order valence-corrected chi connectivity index (χ2v) is 7.57. The van der Waals surface area contributed by atoms with Crippen LogP contribution in [0.15, 0.2) is 53.4 Å². The van der Waals surface area contributed by atoms with Crippen LogP contribution in [0.4, 0.5) is 0 Å². The van der Waals surface area contributed by atoms with Gasteiger partial charge in [-0.05, 0) is 35.9 Å². The number of hydrazine groups is 1. The third-order valence-electron chi connectivity index (χ3n) is 3.36. The summed E-state index contributed by atoms with van der Waals surface area (Å²) in [7, 11) is -3.82. The van der Waals surface area contributed by atoms with Gasteiger partial charge in [0.25, 0.3) is 5.91 Å². The normalized spacial score (nSPS) is 10.7. The maximum absolute atomic E-state index is 12.1. The topological polar surface area (TPSA) is 104 Å². The van der Waals surface area contributed by atoms with E-state index in [0.717, 1.165) is 5.56 Å². The molecular formula is C18H16ClN3O4S. The third kappa shape index (κ3) is 6.11. The lowest BCUT2D eigenvalue weighted by molar-refractivity contribution is -0.121. The van der Waals surface area contributed by atoms with Gasteiger partial charge in [0.05, 0.1) is 17.9 Å². The van der Waals surface area contributed by atoms with Crippen LogP contribution in [0, 0.1) is 12.3 Å². The molecule has 7 nitrogen and oxygen atoms in total. The van der Waals surface area contributed by atoms with Gasteiger partial charge in [0, 0.05) is 10.6 Å². The second kappa shape index (κ2) is 9.19. The SMILES string of the molecule is C#CCNS(=O)(=O)c1cccc(C(=O)NNC(=O)Cc2ccc(Cl)cc2)c1. The molecule has 0 heterocycles. The average molecular weight is 406 g/mol. The van der Waals surface area contributed by atoms with E-state index in [1.54, 1.807) is 24.3 Å². The Bertz CT molecular complexity index is 982. The number of terminal acetylenes is 1. The Balaban J connectivity index is 1.98. The van der Waals surface area contributed by atoms with Crippen LogP contribution in [0.5, 0.6) is 0 Å². The molecule has 3 N–H and O–H groups in total. The monoisotopic (exact) mass is 405 g/mol. The Kier molecular flexibility index (Phi) is 6.96. The lowest BCUT2D eigenvalue weighted by atomic mass is 10.1. The lowest BCUT2D eigenvalue weighted by Crippen LogP contribution is -2.42. The molecule has 27 heavy (non-hydrogen) atoms. The number of carbonyl (C=O) groups is 2. The van der Waals surface area contributed by atoms with E-state index in [1.807, 2.05) is 0 Å². The van der Waals surface area contributed by atoms with Crippen LogP contribution in [0.1, 0.15) is 15.9 Å². The summed E-state index contributed by atoms with van der Waals surface area (Å²) >= 11 is 5.78. The van der Waals surface area contributed by atoms with E-state index in [1.165, 1.54) is 24.3 Å². The number of sulfonamides is 1. The van der Waals surface area contributed by atoms with Gasteiger partial charge in [-0.15, -0.1) is 6.42 Å². The van der Waals surface area contributed by atoms with E-state index in [-0.39, 0.29) is 23.4 Å². The van der Waals surface area contributed by atoms with E-state index in [9.17, 15) is 18.0 Å². The molecule has 0 aromatic heterocycles. The highest BCUT2D eigenvalue weighted by atomic mass is 35.5. The van der Waals surface area contributed by atoms with Gasteiger partial charge in [-0.2, -0.15) is 4.72 Å². The molecule has 2 aromatic carbocycles. The summed E-state index contributed by atoms with van der Waals surface area (Å²) < 4.78 is 26.3. The van der Waals surface area contributed by atoms with Crippen molar-refractivity contribution in [2.24, 2.45) is 0 Å². The Morgan fingerprint density at radius 3 is 2.44 bits per heavy atom. The van der Waals surface area contributed by atoms with E-state index < -0.39 is 21.8 Å². The first-order valence-corrected chi connectivity index (χ1v) is 9.55. The molecule has 2 amide bonds. The highest BCUT2D eigenvalue weighted by Gasteiger charge is 2.16. The highest BCUT2D eigenvalue weighted by Crippen LogP contribution is 2.12. The van der Waals surface area contributed by atoms with Crippen LogP contribution < -0.4 is 15.6 Å². The van der Waals surface area contributed by atoms with Crippen molar-refractivity contribution in [2.75, 3.05) is 6.54 Å². The van der Waals surface area contributed by atoms with Crippen molar-refractivity contribution in [1.82, 2.24) is 15.6 Å². The molecule has 0 spiro atoms. The number of nitrogens with one attached hydrogen (secondary N) is 3. The van der Waals surface area contributed by atoms with Crippen molar-refractivity contribution in [1.29, 1.82) is 0 Å². The first kappa shape index (κ1) is 20.5. The summed E-state index contributed by atoms with van der Waals surface area (Å²) in [5, 5.41) is 0.555. The molecule has 0 aliphatic rings. The van der Waals surface area contributed by atoms with Gasteiger partial charge in [0.15, 0.2) is 0 Å². The summed E-state index contributed by atoms with van der Waals surface area (Å²) in [4.78, 5) is 23.9. The summed E-state index contributed by atoms with van der Waals surface area (Å²) in [6.45, 7) is -0.167. The first-order chi connectivity index (χ1) is 12.8. The zero-order chi connectivity index (χ0) is 19.9. The van der Waals surface area contributed by atoms with Crippen molar-refractivity contribution < 1.29 is 18.0 Å². The first-order valence-electron chi connectivity index (χ1n) is 7.68. The minimum absolute atomic E-state index is 0.0435. The van der Waals surface area contributed by atoms with Crippen LogP contribution in [-0.2, 0) is 21.2 Å². The molecular weight excluding hydrogens is 390 g/mol. The van der Waals surface area contributed by atoms with Gasteiger partial charge in [-0.25, -0.2) is 8.42 Å². The van der Waals surface area contributed by atoms with Crippen LogP contribution in [0.2, 0.25) is 5.02 Å². The van der Waals surface area contributed by atoms with Gasteiger partial charge in [-0.1, -0.05) is 35.7 Å². The Morgan fingerprint density at radius 2 is 1.78 bits per heavy atom. The molecule has 0 atom stereocenters. The summed E-state index contributed by atoms with van der Waals surface area (Å²) in [6.07, 6.45) is 5.08. The second-order valence-electron chi connectivity index (χ2n) is 5.36. The van der Waals surface area contributed by atoms with Crippen LogP contribution in [0.3, 0.4) is 0 Å². The van der Waals surface area contributed by atoms with Crippen molar-refractivity contribution in [3.8, 4) is 12.3 Å². The lowest BCUT2D eigenvalue weighted by Gasteiger charge is -2.09. The number of amides is 2. The molecule has 0 fully saturated rings. The molecule has 0 unspecified atom stereocenters. The molecule has 140 valence electrons. The van der Waals surface area contributed by atoms with Gasteiger partial charge in [-0.3, -0.25) is 20.4 Å². The summed E-state index contributed by atoms with van der Waals surface area (Å²) in [5.74, 6) is 1.06. The number of hydrogen-bond acceptors (Lipinski definition) is 4. The van der Waals surface area contributed by atoms with Crippen molar-refractivity contribution in [3.63, 3.8) is 0 Å². The fraction of sp³-hybridized carbons (Fsp3) is 0.111. The fourth-order valence-electron chi connectivity index (χ4n) is 2.05.